The molecule has 4 aromatic rings. The van der Waals surface area contributed by atoms with Crippen molar-refractivity contribution in [2.75, 3.05) is 11.4 Å². The Kier molecular flexibility index (Phi) is 6.20. The molecule has 0 saturated carbocycles. The maximum absolute atomic E-state index is 14.0. The third kappa shape index (κ3) is 4.36. The Bertz CT molecular complexity index is 1380. The van der Waals surface area contributed by atoms with Crippen LogP contribution >= 0.6 is 11.3 Å². The van der Waals surface area contributed by atoms with E-state index in [-0.39, 0.29) is 10.8 Å². The highest BCUT2D eigenvalue weighted by molar-refractivity contribution is 7.89. The van der Waals surface area contributed by atoms with Crippen molar-refractivity contribution in [3.05, 3.63) is 90.0 Å². The molecule has 1 amide bonds. The Morgan fingerprint density at radius 3 is 2.47 bits per heavy atom. The summed E-state index contributed by atoms with van der Waals surface area (Å²) in [6, 6.07) is 23.5. The van der Waals surface area contributed by atoms with Crippen LogP contribution < -0.4 is 4.90 Å². The lowest BCUT2D eigenvalue weighted by atomic mass is 10.1. The molecule has 6 nitrogen and oxygen atoms in total. The number of aromatic nitrogens is 1. The zero-order chi connectivity index (χ0) is 23.7. The van der Waals surface area contributed by atoms with Crippen molar-refractivity contribution in [2.24, 2.45) is 0 Å². The zero-order valence-electron chi connectivity index (χ0n) is 18.8. The Hall–Kier alpha value is -3.07. The van der Waals surface area contributed by atoms with Crippen molar-refractivity contribution in [3.63, 3.8) is 0 Å². The number of nitrogens with zero attached hydrogens (tertiary/aromatic N) is 3. The van der Waals surface area contributed by atoms with Gasteiger partial charge in [0.2, 0.25) is 15.9 Å². The van der Waals surface area contributed by atoms with Gasteiger partial charge in [0.25, 0.3) is 0 Å². The lowest BCUT2D eigenvalue weighted by molar-refractivity contribution is -0.121. The molecule has 1 aromatic heterocycles. The summed E-state index contributed by atoms with van der Waals surface area (Å²) in [6.45, 7) is 2.57. The van der Waals surface area contributed by atoms with Crippen LogP contribution in [0, 0.1) is 6.92 Å². The average molecular weight is 492 g/mol. The topological polar surface area (TPSA) is 70.6 Å². The fraction of sp³-hybridized carbons (Fsp3) is 0.231. The van der Waals surface area contributed by atoms with Crippen LogP contribution in [0.25, 0.3) is 10.2 Å². The number of rotatable bonds is 6. The molecule has 1 atom stereocenters. The zero-order valence-corrected chi connectivity index (χ0v) is 20.4. The summed E-state index contributed by atoms with van der Waals surface area (Å²) < 4.78 is 29.3. The van der Waals surface area contributed by atoms with Gasteiger partial charge in [-0.2, -0.15) is 4.31 Å². The smallest absolute Gasteiger partial charge is 0.247 e. The largest absolute Gasteiger partial charge is 0.282 e. The molecule has 1 fully saturated rings. The van der Waals surface area contributed by atoms with E-state index in [9.17, 15) is 13.2 Å². The SMILES string of the molecule is Cc1ccc(S(=O)(=O)N2CCCC2C(=O)N(Cc2ccccc2)c2nc3ccccc3s2)cc1. The van der Waals surface area contributed by atoms with Crippen LogP contribution in [0.2, 0.25) is 0 Å². The quantitative estimate of drug-likeness (QED) is 0.381. The van der Waals surface area contributed by atoms with Crippen LogP contribution in [-0.4, -0.2) is 36.2 Å². The number of amides is 1. The molecule has 0 spiro atoms. The van der Waals surface area contributed by atoms with Gasteiger partial charge in [0.05, 0.1) is 21.7 Å². The van der Waals surface area contributed by atoms with Crippen LogP contribution in [0.4, 0.5) is 5.13 Å². The van der Waals surface area contributed by atoms with Crippen molar-refractivity contribution in [1.29, 1.82) is 0 Å². The first-order valence-electron chi connectivity index (χ1n) is 11.2. The van der Waals surface area contributed by atoms with E-state index in [0.29, 0.717) is 31.1 Å². The highest BCUT2D eigenvalue weighted by Crippen LogP contribution is 2.33. The van der Waals surface area contributed by atoms with E-state index in [1.807, 2.05) is 61.5 Å². The molecule has 5 rings (SSSR count). The number of carbonyl (C=O) groups is 1. The number of hydrogen-bond acceptors (Lipinski definition) is 5. The number of benzene rings is 3. The van der Waals surface area contributed by atoms with E-state index in [0.717, 1.165) is 21.3 Å². The second-order valence-electron chi connectivity index (χ2n) is 8.46. The maximum Gasteiger partial charge on any atom is 0.247 e. The van der Waals surface area contributed by atoms with Crippen LogP contribution in [-0.2, 0) is 21.4 Å². The van der Waals surface area contributed by atoms with Gasteiger partial charge in [-0.3, -0.25) is 9.69 Å². The fourth-order valence-corrected chi connectivity index (χ4v) is 6.90. The molecule has 1 saturated heterocycles. The molecular weight excluding hydrogens is 466 g/mol. The number of sulfonamides is 1. The summed E-state index contributed by atoms with van der Waals surface area (Å²) in [5, 5.41) is 0.578. The van der Waals surface area contributed by atoms with Gasteiger partial charge >= 0.3 is 0 Å². The number of thiazole rings is 1. The fourth-order valence-electron chi connectivity index (χ4n) is 4.28. The van der Waals surface area contributed by atoms with Gasteiger partial charge in [0.15, 0.2) is 5.13 Å². The van der Waals surface area contributed by atoms with E-state index in [1.54, 1.807) is 29.2 Å². The number of hydrogen-bond donors (Lipinski definition) is 0. The number of anilines is 1. The van der Waals surface area contributed by atoms with E-state index in [1.165, 1.54) is 15.6 Å². The normalized spacial score (nSPS) is 16.7. The maximum atomic E-state index is 14.0. The van der Waals surface area contributed by atoms with Crippen molar-refractivity contribution in [1.82, 2.24) is 9.29 Å². The second-order valence-corrected chi connectivity index (χ2v) is 11.4. The Balaban J connectivity index is 1.51. The minimum Gasteiger partial charge on any atom is -0.282 e. The van der Waals surface area contributed by atoms with E-state index < -0.39 is 16.1 Å². The van der Waals surface area contributed by atoms with E-state index in [2.05, 4.69) is 0 Å². The Morgan fingerprint density at radius 2 is 1.74 bits per heavy atom. The second kappa shape index (κ2) is 9.29. The van der Waals surface area contributed by atoms with Crippen molar-refractivity contribution in [3.8, 4) is 0 Å². The Labute approximate surface area is 203 Å². The minimum atomic E-state index is -3.79. The van der Waals surface area contributed by atoms with E-state index >= 15 is 0 Å². The van der Waals surface area contributed by atoms with Crippen molar-refractivity contribution < 1.29 is 13.2 Å². The van der Waals surface area contributed by atoms with E-state index in [4.69, 9.17) is 4.98 Å². The number of para-hydroxylation sites is 1. The molecule has 0 N–H and O–H groups in total. The summed E-state index contributed by atoms with van der Waals surface area (Å²) in [5.41, 5.74) is 2.77. The summed E-state index contributed by atoms with van der Waals surface area (Å²) in [6.07, 6.45) is 1.13. The van der Waals surface area contributed by atoms with Crippen molar-refractivity contribution >= 4 is 42.6 Å². The van der Waals surface area contributed by atoms with Gasteiger partial charge in [-0.25, -0.2) is 13.4 Å². The minimum absolute atomic E-state index is 0.215. The summed E-state index contributed by atoms with van der Waals surface area (Å²) >= 11 is 1.44. The highest BCUT2D eigenvalue weighted by atomic mass is 32.2. The van der Waals surface area contributed by atoms with Gasteiger partial charge in [0.1, 0.15) is 6.04 Å². The molecule has 34 heavy (non-hydrogen) atoms. The predicted octanol–water partition coefficient (Wildman–Crippen LogP) is 4.99. The monoisotopic (exact) mass is 491 g/mol. The third-order valence-corrected chi connectivity index (χ3v) is 9.06. The van der Waals surface area contributed by atoms with Gasteiger partial charge in [0, 0.05) is 6.54 Å². The number of carbonyl (C=O) groups excluding carboxylic acids is 1. The molecule has 174 valence electrons. The first-order chi connectivity index (χ1) is 16.4. The summed E-state index contributed by atoms with van der Waals surface area (Å²) in [4.78, 5) is 20.5. The van der Waals surface area contributed by atoms with Gasteiger partial charge in [-0.05, 0) is 49.6 Å². The Morgan fingerprint density at radius 1 is 1.03 bits per heavy atom. The molecule has 0 bridgehead atoms. The van der Waals surface area contributed by atoms with Crippen LogP contribution in [0.3, 0.4) is 0 Å². The predicted molar refractivity (Wildman–Crippen MR) is 135 cm³/mol. The third-order valence-electron chi connectivity index (χ3n) is 6.08. The van der Waals surface area contributed by atoms with Crippen LogP contribution in [0.5, 0.6) is 0 Å². The first kappa shape index (κ1) is 22.7. The lowest BCUT2D eigenvalue weighted by Crippen LogP contribution is -2.47. The number of fused-ring (bicyclic) bond motifs is 1. The van der Waals surface area contributed by atoms with Crippen LogP contribution in [0.15, 0.2) is 83.8 Å². The lowest BCUT2D eigenvalue weighted by Gasteiger charge is -2.28. The molecule has 2 heterocycles. The molecule has 0 radical (unpaired) electrons. The molecule has 0 aliphatic carbocycles. The molecule has 8 heteroatoms. The molecule has 3 aromatic carbocycles. The summed E-state index contributed by atoms with van der Waals surface area (Å²) in [7, 11) is -3.79. The van der Waals surface area contributed by atoms with Gasteiger partial charge in [-0.1, -0.05) is 71.5 Å². The molecular formula is C26H25N3O3S2. The molecule has 1 aliphatic rings. The molecule has 1 unspecified atom stereocenters. The summed E-state index contributed by atoms with van der Waals surface area (Å²) in [5.74, 6) is -0.240. The highest BCUT2D eigenvalue weighted by Gasteiger charge is 2.42. The molecule has 1 aliphatic heterocycles. The standard InChI is InChI=1S/C26H25N3O3S2/c1-19-13-15-21(16-14-19)34(31,32)29-17-7-11-23(29)25(30)28(18-20-8-3-2-4-9-20)26-27-22-10-5-6-12-24(22)33-26/h2-6,8-10,12-16,23H,7,11,17-18H2,1H3. The van der Waals surface area contributed by atoms with Gasteiger partial charge in [-0.15, -0.1) is 0 Å². The average Bonchev–Trinajstić information content (AvgIpc) is 3.51. The van der Waals surface area contributed by atoms with Crippen molar-refractivity contribution in [2.45, 2.75) is 37.2 Å². The first-order valence-corrected chi connectivity index (χ1v) is 13.5. The van der Waals surface area contributed by atoms with Crippen LogP contribution in [0.1, 0.15) is 24.0 Å². The van der Waals surface area contributed by atoms with Gasteiger partial charge < -0.3 is 0 Å². The number of aryl methyl sites for hydroxylation is 1.